The Bertz CT molecular complexity index is 181. The smallest absolute Gasteiger partial charge is 0.133 e. The van der Waals surface area contributed by atoms with E-state index in [0.717, 1.165) is 24.3 Å². The van der Waals surface area contributed by atoms with E-state index in [4.69, 9.17) is 4.52 Å². The van der Waals surface area contributed by atoms with E-state index in [-0.39, 0.29) is 0 Å². The van der Waals surface area contributed by atoms with Crippen LogP contribution < -0.4 is 0 Å². The first-order valence-electron chi connectivity index (χ1n) is 3.25. The Morgan fingerprint density at radius 1 is 1.67 bits per heavy atom. The molecule has 1 aromatic rings. The van der Waals surface area contributed by atoms with Crippen molar-refractivity contribution in [3.63, 3.8) is 0 Å². The van der Waals surface area contributed by atoms with Crippen LogP contribution in [0.15, 0.2) is 10.6 Å². The van der Waals surface area contributed by atoms with Gasteiger partial charge in [0.25, 0.3) is 0 Å². The van der Waals surface area contributed by atoms with Crippen LogP contribution in [0.25, 0.3) is 0 Å². The molecule has 0 atom stereocenters. The standard InChI is InChI=1S/C7H11NO/c1-3-4-7-5-6(2)9-8-7/h5H,3-4H2,1-2H3. The molecule has 9 heavy (non-hydrogen) atoms. The molecule has 1 rings (SSSR count). The lowest BCUT2D eigenvalue weighted by Gasteiger charge is -1.82. The van der Waals surface area contributed by atoms with Crippen molar-refractivity contribution in [1.29, 1.82) is 0 Å². The summed E-state index contributed by atoms with van der Waals surface area (Å²) in [6.07, 6.45) is 2.16. The van der Waals surface area contributed by atoms with Gasteiger partial charge in [0.2, 0.25) is 0 Å². The van der Waals surface area contributed by atoms with Crippen molar-refractivity contribution < 1.29 is 4.52 Å². The fourth-order valence-electron chi connectivity index (χ4n) is 0.792. The lowest BCUT2D eigenvalue weighted by Crippen LogP contribution is -1.79. The second-order valence-corrected chi connectivity index (χ2v) is 2.18. The Kier molecular flexibility index (Phi) is 1.88. The van der Waals surface area contributed by atoms with Gasteiger partial charge in [-0.3, -0.25) is 0 Å². The molecule has 0 aliphatic carbocycles. The van der Waals surface area contributed by atoms with Gasteiger partial charge in [-0.25, -0.2) is 0 Å². The summed E-state index contributed by atoms with van der Waals surface area (Å²) in [5, 5.41) is 3.83. The molecule has 0 aliphatic rings. The summed E-state index contributed by atoms with van der Waals surface area (Å²) < 4.78 is 4.87. The number of aromatic nitrogens is 1. The predicted octanol–water partition coefficient (Wildman–Crippen LogP) is 1.94. The largest absolute Gasteiger partial charge is 0.361 e. The molecule has 50 valence electrons. The van der Waals surface area contributed by atoms with Gasteiger partial charge in [-0.2, -0.15) is 0 Å². The Labute approximate surface area is 54.9 Å². The van der Waals surface area contributed by atoms with E-state index < -0.39 is 0 Å². The lowest BCUT2D eigenvalue weighted by molar-refractivity contribution is 0.390. The summed E-state index contributed by atoms with van der Waals surface area (Å²) in [4.78, 5) is 0. The van der Waals surface area contributed by atoms with E-state index in [1.807, 2.05) is 13.0 Å². The third-order valence-corrected chi connectivity index (χ3v) is 1.18. The van der Waals surface area contributed by atoms with Gasteiger partial charge in [-0.1, -0.05) is 18.5 Å². The molecule has 0 amide bonds. The Morgan fingerprint density at radius 3 is 2.89 bits per heavy atom. The summed E-state index contributed by atoms with van der Waals surface area (Å²) in [5.41, 5.74) is 1.06. The van der Waals surface area contributed by atoms with Crippen molar-refractivity contribution in [2.24, 2.45) is 0 Å². The first kappa shape index (κ1) is 6.33. The first-order valence-corrected chi connectivity index (χ1v) is 3.25. The maximum Gasteiger partial charge on any atom is 0.133 e. The Morgan fingerprint density at radius 2 is 2.44 bits per heavy atom. The highest BCUT2D eigenvalue weighted by Crippen LogP contribution is 2.02. The molecule has 0 N–H and O–H groups in total. The lowest BCUT2D eigenvalue weighted by atomic mass is 10.2. The van der Waals surface area contributed by atoms with Gasteiger partial charge < -0.3 is 4.52 Å². The Balaban J connectivity index is 2.61. The molecule has 0 spiro atoms. The van der Waals surface area contributed by atoms with E-state index in [9.17, 15) is 0 Å². The quantitative estimate of drug-likeness (QED) is 0.603. The second kappa shape index (κ2) is 2.67. The van der Waals surface area contributed by atoms with Crippen LogP contribution in [0.4, 0.5) is 0 Å². The molecule has 0 radical (unpaired) electrons. The average molecular weight is 125 g/mol. The van der Waals surface area contributed by atoms with Gasteiger partial charge in [-0.05, 0) is 13.3 Å². The van der Waals surface area contributed by atoms with Gasteiger partial charge in [0.15, 0.2) is 0 Å². The molecule has 0 fully saturated rings. The number of hydrogen-bond donors (Lipinski definition) is 0. The Hall–Kier alpha value is -0.790. The van der Waals surface area contributed by atoms with Crippen LogP contribution in [0.3, 0.4) is 0 Å². The topological polar surface area (TPSA) is 26.0 Å². The number of aryl methyl sites for hydroxylation is 2. The van der Waals surface area contributed by atoms with E-state index >= 15 is 0 Å². The van der Waals surface area contributed by atoms with E-state index in [1.165, 1.54) is 0 Å². The predicted molar refractivity (Wildman–Crippen MR) is 35.2 cm³/mol. The fourth-order valence-corrected chi connectivity index (χ4v) is 0.792. The number of nitrogens with zero attached hydrogens (tertiary/aromatic N) is 1. The van der Waals surface area contributed by atoms with Crippen molar-refractivity contribution in [3.05, 3.63) is 17.5 Å². The van der Waals surface area contributed by atoms with Crippen LogP contribution in [0, 0.1) is 6.92 Å². The summed E-state index contributed by atoms with van der Waals surface area (Å²) in [6.45, 7) is 4.04. The van der Waals surface area contributed by atoms with Crippen molar-refractivity contribution in [2.75, 3.05) is 0 Å². The van der Waals surface area contributed by atoms with Gasteiger partial charge in [0.05, 0.1) is 5.69 Å². The van der Waals surface area contributed by atoms with Crippen molar-refractivity contribution in [2.45, 2.75) is 26.7 Å². The monoisotopic (exact) mass is 125 g/mol. The minimum Gasteiger partial charge on any atom is -0.361 e. The summed E-state index contributed by atoms with van der Waals surface area (Å²) in [7, 11) is 0. The molecule has 0 aliphatic heterocycles. The maximum atomic E-state index is 4.87. The van der Waals surface area contributed by atoms with Crippen molar-refractivity contribution in [3.8, 4) is 0 Å². The average Bonchev–Trinajstić information content (AvgIpc) is 2.17. The van der Waals surface area contributed by atoms with Gasteiger partial charge in [-0.15, -0.1) is 0 Å². The van der Waals surface area contributed by atoms with Gasteiger partial charge in [0.1, 0.15) is 5.76 Å². The molecule has 0 saturated carbocycles. The minimum absolute atomic E-state index is 0.901. The summed E-state index contributed by atoms with van der Waals surface area (Å²) >= 11 is 0. The van der Waals surface area contributed by atoms with E-state index in [2.05, 4.69) is 12.1 Å². The SMILES string of the molecule is CCCc1cc(C)on1. The second-order valence-electron chi connectivity index (χ2n) is 2.18. The van der Waals surface area contributed by atoms with Crippen molar-refractivity contribution >= 4 is 0 Å². The number of rotatable bonds is 2. The fraction of sp³-hybridized carbons (Fsp3) is 0.571. The summed E-state index contributed by atoms with van der Waals surface area (Å²) in [5.74, 6) is 0.901. The molecule has 0 saturated heterocycles. The molecule has 2 nitrogen and oxygen atoms in total. The summed E-state index contributed by atoms with van der Waals surface area (Å²) in [6, 6.07) is 1.98. The minimum atomic E-state index is 0.901. The van der Waals surface area contributed by atoms with Crippen LogP contribution >= 0.6 is 0 Å². The van der Waals surface area contributed by atoms with Crippen LogP contribution in [0.5, 0.6) is 0 Å². The highest BCUT2D eigenvalue weighted by atomic mass is 16.5. The molecular weight excluding hydrogens is 114 g/mol. The van der Waals surface area contributed by atoms with Crippen molar-refractivity contribution in [1.82, 2.24) is 5.16 Å². The normalized spacial score (nSPS) is 10.0. The zero-order valence-electron chi connectivity index (χ0n) is 5.85. The van der Waals surface area contributed by atoms with Gasteiger partial charge in [0, 0.05) is 6.07 Å². The number of hydrogen-bond acceptors (Lipinski definition) is 2. The van der Waals surface area contributed by atoms with Crippen LogP contribution in [-0.4, -0.2) is 5.16 Å². The third-order valence-electron chi connectivity index (χ3n) is 1.18. The molecule has 2 heteroatoms. The third kappa shape index (κ3) is 1.56. The van der Waals surface area contributed by atoms with Crippen LogP contribution in [0.2, 0.25) is 0 Å². The van der Waals surface area contributed by atoms with Gasteiger partial charge >= 0.3 is 0 Å². The van der Waals surface area contributed by atoms with E-state index in [0.29, 0.717) is 0 Å². The molecule has 0 unspecified atom stereocenters. The molecule has 0 bridgehead atoms. The van der Waals surface area contributed by atoms with E-state index in [1.54, 1.807) is 0 Å². The first-order chi connectivity index (χ1) is 4.33. The highest BCUT2D eigenvalue weighted by Gasteiger charge is 1.95. The zero-order valence-corrected chi connectivity index (χ0v) is 5.85. The molecule has 1 aromatic heterocycles. The van der Waals surface area contributed by atoms with Crippen LogP contribution in [-0.2, 0) is 6.42 Å². The molecule has 0 aromatic carbocycles. The van der Waals surface area contributed by atoms with Crippen LogP contribution in [0.1, 0.15) is 24.8 Å². The zero-order chi connectivity index (χ0) is 6.69. The molecular formula is C7H11NO. The molecule has 1 heterocycles. The highest BCUT2D eigenvalue weighted by molar-refractivity contribution is 5.02. The maximum absolute atomic E-state index is 4.87.